The number of hydrogen-bond acceptors (Lipinski definition) is 2. The fourth-order valence-corrected chi connectivity index (χ4v) is 3.72. The first-order chi connectivity index (χ1) is 11.8. The second kappa shape index (κ2) is 6.23. The summed E-state index contributed by atoms with van der Waals surface area (Å²) in [6, 6.07) is 30.3. The molecule has 2 atom stereocenters. The lowest BCUT2D eigenvalue weighted by molar-refractivity contribution is 0.0376. The SMILES string of the molecule is O[C@H]1[C@H](c2ccccc2)OCC1(c1ccccc1)c1ccccc1. The normalized spacial score (nSPS) is 22.4. The highest BCUT2D eigenvalue weighted by Crippen LogP contribution is 2.47. The van der Waals surface area contributed by atoms with E-state index in [2.05, 4.69) is 24.3 Å². The van der Waals surface area contributed by atoms with Gasteiger partial charge < -0.3 is 9.84 Å². The number of rotatable bonds is 3. The summed E-state index contributed by atoms with van der Waals surface area (Å²) >= 11 is 0. The van der Waals surface area contributed by atoms with E-state index in [0.29, 0.717) is 6.61 Å². The molecule has 3 aromatic carbocycles. The van der Waals surface area contributed by atoms with E-state index in [4.69, 9.17) is 4.74 Å². The molecule has 1 aliphatic heterocycles. The predicted octanol–water partition coefficient (Wildman–Crippen LogP) is 4.11. The number of hydrogen-bond donors (Lipinski definition) is 1. The lowest BCUT2D eigenvalue weighted by Gasteiger charge is -2.33. The summed E-state index contributed by atoms with van der Waals surface area (Å²) in [5, 5.41) is 11.3. The summed E-state index contributed by atoms with van der Waals surface area (Å²) < 4.78 is 6.13. The Hall–Kier alpha value is -2.42. The van der Waals surface area contributed by atoms with Gasteiger partial charge in [0, 0.05) is 0 Å². The third-order valence-electron chi connectivity index (χ3n) is 4.99. The Balaban J connectivity index is 1.84. The Morgan fingerprint density at radius 3 is 1.67 bits per heavy atom. The van der Waals surface area contributed by atoms with Crippen molar-refractivity contribution in [3.8, 4) is 0 Å². The molecule has 0 unspecified atom stereocenters. The maximum atomic E-state index is 11.3. The Morgan fingerprint density at radius 1 is 0.708 bits per heavy atom. The molecular formula is C22H20O2. The molecule has 1 aliphatic rings. The zero-order chi connectivity index (χ0) is 16.4. The topological polar surface area (TPSA) is 29.5 Å². The fourth-order valence-electron chi connectivity index (χ4n) is 3.72. The number of ether oxygens (including phenoxy) is 1. The van der Waals surface area contributed by atoms with E-state index in [-0.39, 0.29) is 6.10 Å². The summed E-state index contributed by atoms with van der Waals surface area (Å²) in [6.07, 6.45) is -0.976. The number of aliphatic hydroxyl groups excluding tert-OH is 1. The van der Waals surface area contributed by atoms with E-state index < -0.39 is 11.5 Å². The molecule has 24 heavy (non-hydrogen) atoms. The Bertz CT molecular complexity index is 744. The lowest BCUT2D eigenvalue weighted by Crippen LogP contribution is -2.40. The van der Waals surface area contributed by atoms with Gasteiger partial charge in [0.15, 0.2) is 0 Å². The molecule has 1 fully saturated rings. The molecular weight excluding hydrogens is 296 g/mol. The Morgan fingerprint density at radius 2 is 1.17 bits per heavy atom. The molecule has 0 saturated carbocycles. The number of benzene rings is 3. The van der Waals surface area contributed by atoms with E-state index in [1.165, 1.54) is 0 Å². The Labute approximate surface area is 142 Å². The van der Waals surface area contributed by atoms with Crippen molar-refractivity contribution in [3.63, 3.8) is 0 Å². The quantitative estimate of drug-likeness (QED) is 0.788. The monoisotopic (exact) mass is 316 g/mol. The summed E-state index contributed by atoms with van der Waals surface area (Å²) in [7, 11) is 0. The molecule has 0 bridgehead atoms. The van der Waals surface area contributed by atoms with Crippen LogP contribution in [0.5, 0.6) is 0 Å². The zero-order valence-corrected chi connectivity index (χ0v) is 13.4. The standard InChI is InChI=1S/C22H20O2/c23-21-20(17-10-4-1-5-11-17)24-16-22(21,18-12-6-2-7-13-18)19-14-8-3-9-15-19/h1-15,20-21,23H,16H2/t20-,21-/m0/s1. The average molecular weight is 316 g/mol. The highest BCUT2D eigenvalue weighted by Gasteiger charge is 2.51. The van der Waals surface area contributed by atoms with Crippen molar-refractivity contribution < 1.29 is 9.84 Å². The van der Waals surface area contributed by atoms with Crippen molar-refractivity contribution >= 4 is 0 Å². The lowest BCUT2D eigenvalue weighted by atomic mass is 9.70. The first kappa shape index (κ1) is 15.1. The van der Waals surface area contributed by atoms with Crippen LogP contribution in [-0.4, -0.2) is 17.8 Å². The first-order valence-corrected chi connectivity index (χ1v) is 8.28. The van der Waals surface area contributed by atoms with Gasteiger partial charge >= 0.3 is 0 Å². The van der Waals surface area contributed by atoms with Crippen LogP contribution in [0.3, 0.4) is 0 Å². The van der Waals surface area contributed by atoms with Crippen LogP contribution in [0.4, 0.5) is 0 Å². The van der Waals surface area contributed by atoms with Crippen molar-refractivity contribution in [2.75, 3.05) is 6.61 Å². The highest BCUT2D eigenvalue weighted by molar-refractivity contribution is 5.44. The predicted molar refractivity (Wildman–Crippen MR) is 94.8 cm³/mol. The van der Waals surface area contributed by atoms with Crippen molar-refractivity contribution in [2.24, 2.45) is 0 Å². The van der Waals surface area contributed by atoms with E-state index >= 15 is 0 Å². The van der Waals surface area contributed by atoms with Crippen LogP contribution >= 0.6 is 0 Å². The summed E-state index contributed by atoms with van der Waals surface area (Å²) in [6.45, 7) is 0.460. The minimum atomic E-state index is -0.648. The average Bonchev–Trinajstić information content (AvgIpc) is 3.02. The van der Waals surface area contributed by atoms with E-state index in [9.17, 15) is 5.11 Å². The molecule has 0 aromatic heterocycles. The summed E-state index contributed by atoms with van der Waals surface area (Å²) in [4.78, 5) is 0. The minimum Gasteiger partial charge on any atom is -0.389 e. The van der Waals surface area contributed by atoms with Gasteiger partial charge in [-0.2, -0.15) is 0 Å². The Kier molecular flexibility index (Phi) is 3.93. The van der Waals surface area contributed by atoms with Crippen molar-refractivity contribution in [1.82, 2.24) is 0 Å². The van der Waals surface area contributed by atoms with Gasteiger partial charge in [0.05, 0.1) is 12.0 Å². The maximum Gasteiger partial charge on any atom is 0.110 e. The molecule has 0 amide bonds. The minimum absolute atomic E-state index is 0.327. The fraction of sp³-hybridized carbons (Fsp3) is 0.182. The molecule has 0 radical (unpaired) electrons. The molecule has 3 aromatic rings. The highest BCUT2D eigenvalue weighted by atomic mass is 16.5. The maximum absolute atomic E-state index is 11.3. The van der Waals surface area contributed by atoms with Crippen LogP contribution in [0.25, 0.3) is 0 Å². The van der Waals surface area contributed by atoms with Crippen molar-refractivity contribution in [3.05, 3.63) is 108 Å². The van der Waals surface area contributed by atoms with Gasteiger partial charge in [0.25, 0.3) is 0 Å². The van der Waals surface area contributed by atoms with Gasteiger partial charge in [-0.15, -0.1) is 0 Å². The van der Waals surface area contributed by atoms with E-state index in [1.807, 2.05) is 66.7 Å². The smallest absolute Gasteiger partial charge is 0.110 e. The molecule has 1 heterocycles. The molecule has 0 aliphatic carbocycles. The summed E-state index contributed by atoms with van der Waals surface area (Å²) in [5.74, 6) is 0. The molecule has 4 rings (SSSR count). The van der Waals surface area contributed by atoms with Crippen molar-refractivity contribution in [1.29, 1.82) is 0 Å². The van der Waals surface area contributed by atoms with Crippen LogP contribution in [0, 0.1) is 0 Å². The van der Waals surface area contributed by atoms with E-state index in [1.54, 1.807) is 0 Å². The largest absolute Gasteiger partial charge is 0.389 e. The third-order valence-corrected chi connectivity index (χ3v) is 4.99. The van der Waals surface area contributed by atoms with Gasteiger partial charge in [-0.1, -0.05) is 91.0 Å². The molecule has 1 N–H and O–H groups in total. The van der Waals surface area contributed by atoms with Crippen LogP contribution in [0.15, 0.2) is 91.0 Å². The molecule has 1 saturated heterocycles. The molecule has 0 spiro atoms. The van der Waals surface area contributed by atoms with Crippen LogP contribution in [0.1, 0.15) is 22.8 Å². The van der Waals surface area contributed by atoms with Crippen LogP contribution < -0.4 is 0 Å². The van der Waals surface area contributed by atoms with Crippen LogP contribution in [0.2, 0.25) is 0 Å². The second-order valence-electron chi connectivity index (χ2n) is 6.29. The third kappa shape index (κ3) is 2.35. The van der Waals surface area contributed by atoms with Gasteiger partial charge in [0.2, 0.25) is 0 Å². The van der Waals surface area contributed by atoms with Gasteiger partial charge in [0.1, 0.15) is 12.2 Å². The van der Waals surface area contributed by atoms with Crippen LogP contribution in [-0.2, 0) is 10.2 Å². The number of aliphatic hydroxyl groups is 1. The molecule has 120 valence electrons. The second-order valence-corrected chi connectivity index (χ2v) is 6.29. The first-order valence-electron chi connectivity index (χ1n) is 8.28. The zero-order valence-electron chi connectivity index (χ0n) is 13.4. The van der Waals surface area contributed by atoms with Crippen molar-refractivity contribution in [2.45, 2.75) is 17.6 Å². The molecule has 2 heteroatoms. The van der Waals surface area contributed by atoms with Gasteiger partial charge in [-0.3, -0.25) is 0 Å². The molecule has 2 nitrogen and oxygen atoms in total. The summed E-state index contributed by atoms with van der Waals surface area (Å²) in [5.41, 5.74) is 2.63. The van der Waals surface area contributed by atoms with E-state index in [0.717, 1.165) is 16.7 Å². The van der Waals surface area contributed by atoms with Gasteiger partial charge in [-0.25, -0.2) is 0 Å². The van der Waals surface area contributed by atoms with Gasteiger partial charge in [-0.05, 0) is 16.7 Å².